The predicted molar refractivity (Wildman–Crippen MR) is 78.3 cm³/mol. The minimum Gasteiger partial charge on any atom is -0.299 e. The summed E-state index contributed by atoms with van der Waals surface area (Å²) in [6.07, 6.45) is 10.0. The summed E-state index contributed by atoms with van der Waals surface area (Å²) in [6, 6.07) is 4.15. The van der Waals surface area contributed by atoms with Gasteiger partial charge in [-0.05, 0) is 73.1 Å². The fourth-order valence-corrected chi connectivity index (χ4v) is 6.33. The van der Waals surface area contributed by atoms with Crippen LogP contribution < -0.4 is 0 Å². The van der Waals surface area contributed by atoms with E-state index in [4.69, 9.17) is 0 Å². The molecule has 4 bridgehead atoms. The Morgan fingerprint density at radius 1 is 1.16 bits per heavy atom. The highest BCUT2D eigenvalue weighted by Crippen LogP contribution is 2.61. The van der Waals surface area contributed by atoms with Gasteiger partial charge in [-0.1, -0.05) is 6.07 Å². The standard InChI is InChI=1S/C17H22OS/c18-15(7-16-2-1-3-19-16)11-17-8-12-4-13(9-17)6-14(5-12)10-17/h1-3,12-14H,4-11H2. The van der Waals surface area contributed by atoms with Crippen molar-refractivity contribution in [2.24, 2.45) is 23.2 Å². The zero-order valence-electron chi connectivity index (χ0n) is 11.4. The van der Waals surface area contributed by atoms with Crippen molar-refractivity contribution in [3.63, 3.8) is 0 Å². The van der Waals surface area contributed by atoms with Crippen LogP contribution in [-0.2, 0) is 11.2 Å². The van der Waals surface area contributed by atoms with Crippen LogP contribution >= 0.6 is 11.3 Å². The molecular formula is C17H22OS. The van der Waals surface area contributed by atoms with Crippen LogP contribution in [0.2, 0.25) is 0 Å². The van der Waals surface area contributed by atoms with Gasteiger partial charge in [-0.25, -0.2) is 0 Å². The molecule has 0 aliphatic heterocycles. The summed E-state index contributed by atoms with van der Waals surface area (Å²) in [5, 5.41) is 2.08. The summed E-state index contributed by atoms with van der Waals surface area (Å²) in [5.41, 5.74) is 0.420. The van der Waals surface area contributed by atoms with Gasteiger partial charge in [0.1, 0.15) is 5.78 Å². The van der Waals surface area contributed by atoms with Gasteiger partial charge in [0.2, 0.25) is 0 Å². The quantitative estimate of drug-likeness (QED) is 0.792. The Morgan fingerprint density at radius 2 is 1.79 bits per heavy atom. The molecule has 4 saturated carbocycles. The van der Waals surface area contributed by atoms with Crippen LogP contribution in [0.1, 0.15) is 49.8 Å². The first-order valence-electron chi connectivity index (χ1n) is 7.75. The second-order valence-corrected chi connectivity index (χ2v) is 8.42. The third-order valence-electron chi connectivity index (χ3n) is 5.69. The molecule has 0 saturated heterocycles. The van der Waals surface area contributed by atoms with E-state index in [-0.39, 0.29) is 0 Å². The molecule has 4 fully saturated rings. The van der Waals surface area contributed by atoms with Crippen LogP contribution in [0.15, 0.2) is 17.5 Å². The highest BCUT2D eigenvalue weighted by atomic mass is 32.1. The Bertz CT molecular complexity index is 438. The number of thiophene rings is 1. The summed E-state index contributed by atoms with van der Waals surface area (Å²) < 4.78 is 0. The molecule has 4 aliphatic rings. The van der Waals surface area contributed by atoms with E-state index < -0.39 is 0 Å². The summed E-state index contributed by atoms with van der Waals surface area (Å²) in [6.45, 7) is 0. The summed E-state index contributed by atoms with van der Waals surface area (Å²) in [4.78, 5) is 13.6. The predicted octanol–water partition coefficient (Wildman–Crippen LogP) is 4.47. The van der Waals surface area contributed by atoms with E-state index in [1.54, 1.807) is 11.3 Å². The number of carbonyl (C=O) groups excluding carboxylic acids is 1. The van der Waals surface area contributed by atoms with Crippen molar-refractivity contribution in [1.82, 2.24) is 0 Å². The lowest BCUT2D eigenvalue weighted by Gasteiger charge is -2.56. The maximum absolute atomic E-state index is 12.4. The first-order valence-corrected chi connectivity index (χ1v) is 8.63. The maximum atomic E-state index is 12.4. The van der Waals surface area contributed by atoms with Crippen molar-refractivity contribution in [3.8, 4) is 0 Å². The molecule has 2 heteroatoms. The van der Waals surface area contributed by atoms with Crippen LogP contribution in [0.5, 0.6) is 0 Å². The molecule has 4 aliphatic carbocycles. The lowest BCUT2D eigenvalue weighted by atomic mass is 9.48. The number of hydrogen-bond acceptors (Lipinski definition) is 2. The highest BCUT2D eigenvalue weighted by Gasteiger charge is 2.51. The number of Topliss-reactive ketones (excluding diaryl/α,β-unsaturated/α-hetero) is 1. The monoisotopic (exact) mass is 274 g/mol. The Kier molecular flexibility index (Phi) is 2.84. The largest absolute Gasteiger partial charge is 0.299 e. The lowest BCUT2D eigenvalue weighted by Crippen LogP contribution is -2.47. The second kappa shape index (κ2) is 4.44. The molecule has 0 radical (unpaired) electrons. The van der Waals surface area contributed by atoms with E-state index in [1.807, 2.05) is 0 Å². The van der Waals surface area contributed by atoms with E-state index >= 15 is 0 Å². The van der Waals surface area contributed by atoms with Gasteiger partial charge in [0.15, 0.2) is 0 Å². The molecule has 1 aromatic heterocycles. The average Bonchev–Trinajstić information content (AvgIpc) is 2.78. The van der Waals surface area contributed by atoms with Gasteiger partial charge in [0, 0.05) is 17.7 Å². The van der Waals surface area contributed by atoms with E-state index in [2.05, 4.69) is 17.5 Å². The molecule has 0 spiro atoms. The SMILES string of the molecule is O=C(Cc1cccs1)CC12CC3CC(CC(C3)C1)C2. The molecule has 1 aromatic rings. The Hall–Kier alpha value is -0.630. The zero-order valence-corrected chi connectivity index (χ0v) is 12.3. The van der Waals surface area contributed by atoms with Crippen molar-refractivity contribution < 1.29 is 4.79 Å². The van der Waals surface area contributed by atoms with Gasteiger partial charge >= 0.3 is 0 Å². The van der Waals surface area contributed by atoms with Gasteiger partial charge in [0.05, 0.1) is 0 Å². The number of rotatable bonds is 4. The van der Waals surface area contributed by atoms with Crippen molar-refractivity contribution in [3.05, 3.63) is 22.4 Å². The summed E-state index contributed by atoms with van der Waals surface area (Å²) in [5.74, 6) is 3.37. The number of carbonyl (C=O) groups is 1. The third-order valence-corrected chi connectivity index (χ3v) is 6.57. The van der Waals surface area contributed by atoms with E-state index in [0.29, 0.717) is 17.6 Å². The fourth-order valence-electron chi connectivity index (χ4n) is 5.59. The molecule has 5 rings (SSSR count). The molecule has 1 nitrogen and oxygen atoms in total. The molecule has 0 amide bonds. The van der Waals surface area contributed by atoms with Crippen LogP contribution in [0, 0.1) is 23.2 Å². The zero-order chi connectivity index (χ0) is 12.9. The maximum Gasteiger partial charge on any atom is 0.138 e. The van der Waals surface area contributed by atoms with Gasteiger partial charge in [-0.3, -0.25) is 4.79 Å². The Morgan fingerprint density at radius 3 is 2.32 bits per heavy atom. The average molecular weight is 274 g/mol. The summed E-state index contributed by atoms with van der Waals surface area (Å²) >= 11 is 1.72. The Labute approximate surface area is 119 Å². The van der Waals surface area contributed by atoms with Crippen molar-refractivity contribution >= 4 is 17.1 Å². The minimum atomic E-state index is 0.420. The smallest absolute Gasteiger partial charge is 0.138 e. The number of hydrogen-bond donors (Lipinski definition) is 0. The molecule has 19 heavy (non-hydrogen) atoms. The third kappa shape index (κ3) is 2.29. The van der Waals surface area contributed by atoms with Crippen LogP contribution in [0.3, 0.4) is 0 Å². The Balaban J connectivity index is 1.46. The minimum absolute atomic E-state index is 0.420. The topological polar surface area (TPSA) is 17.1 Å². The first-order chi connectivity index (χ1) is 9.21. The molecule has 0 unspecified atom stereocenters. The van der Waals surface area contributed by atoms with Crippen molar-refractivity contribution in [2.45, 2.75) is 51.4 Å². The molecule has 1 heterocycles. The van der Waals surface area contributed by atoms with E-state index in [1.165, 1.54) is 43.4 Å². The molecule has 102 valence electrons. The molecular weight excluding hydrogens is 252 g/mol. The van der Waals surface area contributed by atoms with Gasteiger partial charge < -0.3 is 0 Å². The lowest BCUT2D eigenvalue weighted by molar-refractivity contribution is -0.126. The number of ketones is 1. The van der Waals surface area contributed by atoms with Gasteiger partial charge in [-0.2, -0.15) is 0 Å². The van der Waals surface area contributed by atoms with Crippen molar-refractivity contribution in [1.29, 1.82) is 0 Å². The van der Waals surface area contributed by atoms with Crippen LogP contribution in [0.4, 0.5) is 0 Å². The van der Waals surface area contributed by atoms with Gasteiger partial charge in [-0.15, -0.1) is 11.3 Å². The molecule has 0 atom stereocenters. The van der Waals surface area contributed by atoms with Crippen LogP contribution in [-0.4, -0.2) is 5.78 Å². The summed E-state index contributed by atoms with van der Waals surface area (Å²) in [7, 11) is 0. The normalized spacial score (nSPS) is 39.7. The highest BCUT2D eigenvalue weighted by molar-refractivity contribution is 7.10. The molecule has 0 aromatic carbocycles. The molecule has 0 N–H and O–H groups in total. The van der Waals surface area contributed by atoms with Crippen LogP contribution in [0.25, 0.3) is 0 Å². The van der Waals surface area contributed by atoms with Crippen molar-refractivity contribution in [2.75, 3.05) is 0 Å². The second-order valence-electron chi connectivity index (χ2n) is 7.39. The van der Waals surface area contributed by atoms with E-state index in [9.17, 15) is 4.79 Å². The first kappa shape index (κ1) is 12.1. The van der Waals surface area contributed by atoms with Gasteiger partial charge in [0.25, 0.3) is 0 Å². The van der Waals surface area contributed by atoms with E-state index in [0.717, 1.165) is 24.2 Å². The fraction of sp³-hybridized carbons (Fsp3) is 0.706.